The van der Waals surface area contributed by atoms with Crippen molar-refractivity contribution in [1.29, 1.82) is 0 Å². The molecule has 2 rings (SSSR count). The summed E-state index contributed by atoms with van der Waals surface area (Å²) < 4.78 is 10.9. The number of nitrogens with one attached hydrogen (secondary N) is 1. The number of hydrogen-bond acceptors (Lipinski definition) is 4. The Morgan fingerprint density at radius 2 is 2.00 bits per heavy atom. The van der Waals surface area contributed by atoms with E-state index in [1.165, 1.54) is 0 Å². The van der Waals surface area contributed by atoms with E-state index in [9.17, 15) is 0 Å². The van der Waals surface area contributed by atoms with Crippen LogP contribution in [0.1, 0.15) is 19.4 Å². The van der Waals surface area contributed by atoms with E-state index in [1.54, 1.807) is 25.4 Å². The van der Waals surface area contributed by atoms with Crippen molar-refractivity contribution in [3.8, 4) is 17.4 Å². The van der Waals surface area contributed by atoms with E-state index < -0.39 is 0 Å². The predicted octanol–water partition coefficient (Wildman–Crippen LogP) is 3.31. The summed E-state index contributed by atoms with van der Waals surface area (Å²) in [6, 6.07) is 11.3. The van der Waals surface area contributed by atoms with Crippen molar-refractivity contribution in [2.24, 2.45) is 10.7 Å². The lowest BCUT2D eigenvalue weighted by atomic mass is 10.3. The number of nitrogens with zero attached hydrogens (tertiary/aromatic N) is 2. The van der Waals surface area contributed by atoms with Gasteiger partial charge in [0.1, 0.15) is 11.5 Å². The van der Waals surface area contributed by atoms with Gasteiger partial charge in [-0.05, 0) is 31.5 Å². The second-order valence-electron chi connectivity index (χ2n) is 5.29. The molecule has 0 atom stereocenters. The molecule has 0 bridgehead atoms. The summed E-state index contributed by atoms with van der Waals surface area (Å²) in [5.74, 6) is 2.35. The molecule has 0 aliphatic rings. The fraction of sp³-hybridized carbons (Fsp3) is 0.294. The van der Waals surface area contributed by atoms with E-state index in [-0.39, 0.29) is 30.0 Å². The van der Waals surface area contributed by atoms with Gasteiger partial charge < -0.3 is 20.5 Å². The molecule has 3 N–H and O–H groups in total. The molecule has 7 heteroatoms. The molecule has 2 aromatic rings. The molecule has 0 radical (unpaired) electrons. The van der Waals surface area contributed by atoms with Crippen LogP contribution in [-0.2, 0) is 6.54 Å². The predicted molar refractivity (Wildman–Crippen MR) is 106 cm³/mol. The lowest BCUT2D eigenvalue weighted by molar-refractivity contribution is 0.407. The molecule has 0 fully saturated rings. The van der Waals surface area contributed by atoms with Crippen LogP contribution in [0.2, 0.25) is 0 Å². The minimum atomic E-state index is 0. The average Bonchev–Trinajstić information content (AvgIpc) is 2.54. The molecular formula is C17H23IN4O2. The first-order valence-electron chi connectivity index (χ1n) is 7.40. The van der Waals surface area contributed by atoms with Crippen molar-refractivity contribution in [2.45, 2.75) is 26.4 Å². The topological polar surface area (TPSA) is 81.8 Å². The van der Waals surface area contributed by atoms with Crippen LogP contribution in [-0.4, -0.2) is 24.1 Å². The van der Waals surface area contributed by atoms with Crippen molar-refractivity contribution in [3.63, 3.8) is 0 Å². The fourth-order valence-electron chi connectivity index (χ4n) is 1.87. The van der Waals surface area contributed by atoms with Gasteiger partial charge in [0.25, 0.3) is 0 Å². The second kappa shape index (κ2) is 9.96. The Kier molecular flexibility index (Phi) is 8.31. The average molecular weight is 442 g/mol. The van der Waals surface area contributed by atoms with Crippen LogP contribution < -0.4 is 20.5 Å². The number of rotatable bonds is 6. The zero-order chi connectivity index (χ0) is 16.7. The van der Waals surface area contributed by atoms with Crippen molar-refractivity contribution in [1.82, 2.24) is 10.3 Å². The van der Waals surface area contributed by atoms with E-state index in [0.29, 0.717) is 24.1 Å². The van der Waals surface area contributed by atoms with E-state index in [1.807, 2.05) is 38.1 Å². The third-order valence-electron chi connectivity index (χ3n) is 2.93. The van der Waals surface area contributed by atoms with Crippen LogP contribution in [0.4, 0.5) is 0 Å². The minimum absolute atomic E-state index is 0. The van der Waals surface area contributed by atoms with Crippen LogP contribution >= 0.6 is 24.0 Å². The fourth-order valence-corrected chi connectivity index (χ4v) is 1.87. The zero-order valence-electron chi connectivity index (χ0n) is 14.0. The number of ether oxygens (including phenoxy) is 2. The molecule has 130 valence electrons. The summed E-state index contributed by atoms with van der Waals surface area (Å²) in [4.78, 5) is 8.53. The van der Waals surface area contributed by atoms with Gasteiger partial charge in [0.2, 0.25) is 5.88 Å². The third kappa shape index (κ3) is 6.61. The number of hydrogen-bond donors (Lipinski definition) is 2. The Morgan fingerprint density at radius 1 is 1.25 bits per heavy atom. The Labute approximate surface area is 159 Å². The van der Waals surface area contributed by atoms with E-state index in [4.69, 9.17) is 15.2 Å². The molecule has 0 unspecified atom stereocenters. The molecule has 24 heavy (non-hydrogen) atoms. The number of pyridine rings is 1. The highest BCUT2D eigenvalue weighted by Crippen LogP contribution is 2.23. The first-order chi connectivity index (χ1) is 11.1. The number of aromatic nitrogens is 1. The number of nitrogens with two attached hydrogens (primary N) is 1. The number of halogens is 1. The van der Waals surface area contributed by atoms with Crippen molar-refractivity contribution >= 4 is 29.9 Å². The van der Waals surface area contributed by atoms with Gasteiger partial charge in [-0.3, -0.25) is 0 Å². The van der Waals surface area contributed by atoms with E-state index >= 15 is 0 Å². The Bertz CT molecular complexity index is 660. The Morgan fingerprint density at radius 3 is 2.62 bits per heavy atom. The van der Waals surface area contributed by atoms with Gasteiger partial charge in [0.05, 0.1) is 13.7 Å². The maximum Gasteiger partial charge on any atom is 0.219 e. The summed E-state index contributed by atoms with van der Waals surface area (Å²) in [6.07, 6.45) is 1.72. The molecule has 1 aromatic heterocycles. The molecule has 0 aliphatic heterocycles. The highest BCUT2D eigenvalue weighted by atomic mass is 127. The minimum Gasteiger partial charge on any atom is -0.497 e. The van der Waals surface area contributed by atoms with Crippen LogP contribution in [0.3, 0.4) is 0 Å². The number of benzene rings is 1. The number of aliphatic imine (C=N–C) groups is 1. The monoisotopic (exact) mass is 442 g/mol. The first kappa shape index (κ1) is 20.0. The summed E-state index contributed by atoms with van der Waals surface area (Å²) in [6.45, 7) is 4.49. The molecule has 6 nitrogen and oxygen atoms in total. The molecule has 1 heterocycles. The van der Waals surface area contributed by atoms with Gasteiger partial charge >= 0.3 is 0 Å². The van der Waals surface area contributed by atoms with Crippen LogP contribution in [0.25, 0.3) is 0 Å². The Hall–Kier alpha value is -2.03. The van der Waals surface area contributed by atoms with E-state index in [0.717, 1.165) is 11.3 Å². The summed E-state index contributed by atoms with van der Waals surface area (Å²) in [5, 5.41) is 3.04. The normalized spacial score (nSPS) is 10.9. The number of methoxy groups -OCH3 is 1. The maximum atomic E-state index is 5.76. The highest BCUT2D eigenvalue weighted by Gasteiger charge is 2.01. The summed E-state index contributed by atoms with van der Waals surface area (Å²) >= 11 is 0. The molecular weight excluding hydrogens is 419 g/mol. The lowest BCUT2D eigenvalue weighted by Gasteiger charge is -2.09. The summed E-state index contributed by atoms with van der Waals surface area (Å²) in [7, 11) is 1.62. The van der Waals surface area contributed by atoms with Gasteiger partial charge in [0.15, 0.2) is 5.96 Å². The van der Waals surface area contributed by atoms with Crippen LogP contribution in [0.5, 0.6) is 17.4 Å². The van der Waals surface area contributed by atoms with Gasteiger partial charge in [-0.1, -0.05) is 12.1 Å². The third-order valence-corrected chi connectivity index (χ3v) is 2.93. The SMILES string of the molecule is COc1cccc(Oc2ccc(CN=C(N)NC(C)C)cn2)c1.I. The van der Waals surface area contributed by atoms with Gasteiger partial charge in [-0.25, -0.2) is 9.98 Å². The molecule has 0 saturated heterocycles. The van der Waals surface area contributed by atoms with Gasteiger partial charge in [-0.2, -0.15) is 0 Å². The molecule has 1 aromatic carbocycles. The Balaban J connectivity index is 0.00000288. The molecule has 0 amide bonds. The molecule has 0 saturated carbocycles. The number of guanidine groups is 1. The van der Waals surface area contributed by atoms with Crippen molar-refractivity contribution in [2.75, 3.05) is 7.11 Å². The highest BCUT2D eigenvalue weighted by molar-refractivity contribution is 14.0. The summed E-state index contributed by atoms with van der Waals surface area (Å²) in [5.41, 5.74) is 6.72. The van der Waals surface area contributed by atoms with E-state index in [2.05, 4.69) is 15.3 Å². The molecule has 0 spiro atoms. The standard InChI is InChI=1S/C17H22N4O2.HI/c1-12(2)21-17(18)20-11-13-7-8-16(19-10-13)23-15-6-4-5-14(9-15)22-3;/h4-10,12H,11H2,1-3H3,(H3,18,20,21);1H. The smallest absolute Gasteiger partial charge is 0.219 e. The molecule has 0 aliphatic carbocycles. The lowest BCUT2D eigenvalue weighted by Crippen LogP contribution is -2.36. The first-order valence-corrected chi connectivity index (χ1v) is 7.40. The zero-order valence-corrected chi connectivity index (χ0v) is 16.4. The van der Waals surface area contributed by atoms with Crippen molar-refractivity contribution < 1.29 is 9.47 Å². The second-order valence-corrected chi connectivity index (χ2v) is 5.29. The quantitative estimate of drug-likeness (QED) is 0.408. The maximum absolute atomic E-state index is 5.76. The van der Waals surface area contributed by atoms with Gasteiger partial charge in [0, 0.05) is 24.4 Å². The van der Waals surface area contributed by atoms with Crippen molar-refractivity contribution in [3.05, 3.63) is 48.2 Å². The largest absolute Gasteiger partial charge is 0.497 e. The van der Waals surface area contributed by atoms with Crippen LogP contribution in [0, 0.1) is 0 Å². The van der Waals surface area contributed by atoms with Gasteiger partial charge in [-0.15, -0.1) is 24.0 Å². The van der Waals surface area contributed by atoms with Crippen LogP contribution in [0.15, 0.2) is 47.6 Å².